The number of fused-ring (bicyclic) bond motifs is 2. The SMILES string of the molecule is CC(C)Cc1cc(-c2cc3ccccc3cn2)cc(-c2cccc3c2nc(-c2cc(C(C)(C)C)cc(C(C)(C)C)c2O)n3-c2ccccc2-c2ccccc2)c1. The molecule has 8 rings (SSSR count). The lowest BCUT2D eigenvalue weighted by atomic mass is 9.79. The van der Waals surface area contributed by atoms with E-state index in [0.717, 1.165) is 78.7 Å². The van der Waals surface area contributed by atoms with Crippen molar-refractivity contribution in [3.63, 3.8) is 0 Å². The molecule has 0 aliphatic heterocycles. The highest BCUT2D eigenvalue weighted by Crippen LogP contribution is 2.45. The summed E-state index contributed by atoms with van der Waals surface area (Å²) in [5.74, 6) is 1.46. The monoisotopic (exact) mass is 733 g/mol. The number of nitrogens with zero attached hydrogens (tertiary/aromatic N) is 3. The molecule has 0 saturated heterocycles. The van der Waals surface area contributed by atoms with E-state index in [-0.39, 0.29) is 16.6 Å². The summed E-state index contributed by atoms with van der Waals surface area (Å²) in [7, 11) is 0. The van der Waals surface area contributed by atoms with Crippen LogP contribution in [0.2, 0.25) is 0 Å². The molecule has 0 aliphatic carbocycles. The van der Waals surface area contributed by atoms with E-state index in [4.69, 9.17) is 9.97 Å². The fourth-order valence-corrected chi connectivity index (χ4v) is 7.92. The van der Waals surface area contributed by atoms with Crippen LogP contribution in [0.3, 0.4) is 0 Å². The first-order valence-electron chi connectivity index (χ1n) is 19.8. The number of phenols is 1. The molecule has 1 N–H and O–H groups in total. The number of aromatic nitrogens is 3. The summed E-state index contributed by atoms with van der Waals surface area (Å²) in [5.41, 5.74) is 12.8. The summed E-state index contributed by atoms with van der Waals surface area (Å²) in [6.07, 6.45) is 2.92. The summed E-state index contributed by atoms with van der Waals surface area (Å²) in [6, 6.07) is 47.3. The van der Waals surface area contributed by atoms with Gasteiger partial charge in [-0.1, -0.05) is 152 Å². The first-order chi connectivity index (χ1) is 26.8. The van der Waals surface area contributed by atoms with Gasteiger partial charge >= 0.3 is 0 Å². The molecule has 0 amide bonds. The second-order valence-electron chi connectivity index (χ2n) is 17.7. The summed E-state index contributed by atoms with van der Waals surface area (Å²) >= 11 is 0. The minimum Gasteiger partial charge on any atom is -0.507 e. The fourth-order valence-electron chi connectivity index (χ4n) is 7.92. The number of para-hydroxylation sites is 2. The van der Waals surface area contributed by atoms with Crippen molar-refractivity contribution in [2.75, 3.05) is 0 Å². The maximum absolute atomic E-state index is 12.3. The maximum atomic E-state index is 12.3. The van der Waals surface area contributed by atoms with Crippen molar-refractivity contribution >= 4 is 21.8 Å². The van der Waals surface area contributed by atoms with E-state index in [9.17, 15) is 5.11 Å². The van der Waals surface area contributed by atoms with Crippen LogP contribution in [0.1, 0.15) is 72.1 Å². The number of phenolic OH excluding ortho intramolecular Hbond substituents is 1. The van der Waals surface area contributed by atoms with Crippen LogP contribution < -0.4 is 0 Å². The third kappa shape index (κ3) is 7.01. The Bertz CT molecular complexity index is 2720. The molecule has 2 aromatic heterocycles. The van der Waals surface area contributed by atoms with Gasteiger partial charge in [-0.3, -0.25) is 9.55 Å². The average Bonchev–Trinajstić information content (AvgIpc) is 3.56. The van der Waals surface area contributed by atoms with E-state index in [1.54, 1.807) is 0 Å². The Labute approximate surface area is 331 Å². The molecule has 56 heavy (non-hydrogen) atoms. The molecule has 0 saturated carbocycles. The molecule has 0 atom stereocenters. The van der Waals surface area contributed by atoms with E-state index >= 15 is 0 Å². The largest absolute Gasteiger partial charge is 0.507 e. The highest BCUT2D eigenvalue weighted by Gasteiger charge is 2.29. The third-order valence-electron chi connectivity index (χ3n) is 10.8. The van der Waals surface area contributed by atoms with Gasteiger partial charge < -0.3 is 5.11 Å². The van der Waals surface area contributed by atoms with Gasteiger partial charge in [-0.05, 0) is 87.2 Å². The van der Waals surface area contributed by atoms with Crippen LogP contribution in [-0.2, 0) is 17.3 Å². The molecule has 4 heteroatoms. The Morgan fingerprint density at radius 1 is 0.607 bits per heavy atom. The Morgan fingerprint density at radius 2 is 1.29 bits per heavy atom. The number of imidazole rings is 1. The number of aromatic hydroxyl groups is 1. The molecular weight excluding hydrogens is 683 g/mol. The highest BCUT2D eigenvalue weighted by atomic mass is 16.3. The Kier molecular flexibility index (Phi) is 9.40. The second-order valence-corrected chi connectivity index (χ2v) is 17.7. The van der Waals surface area contributed by atoms with E-state index < -0.39 is 0 Å². The van der Waals surface area contributed by atoms with Gasteiger partial charge in [0.2, 0.25) is 0 Å². The second kappa shape index (κ2) is 14.3. The van der Waals surface area contributed by atoms with Gasteiger partial charge in [-0.2, -0.15) is 0 Å². The molecule has 0 radical (unpaired) electrons. The van der Waals surface area contributed by atoms with Crippen LogP contribution in [0, 0.1) is 5.92 Å². The predicted molar refractivity (Wildman–Crippen MR) is 236 cm³/mol. The molecule has 0 unspecified atom stereocenters. The van der Waals surface area contributed by atoms with E-state index in [1.165, 1.54) is 10.9 Å². The molecular formula is C52H51N3O. The number of pyridine rings is 1. The molecule has 8 aromatic rings. The molecule has 0 bridgehead atoms. The standard InChI is InChI=1S/C52H51N3O/c1-33(2)25-34-26-38(28-39(27-34)45-29-36-19-12-13-20-37(36)32-53-45)42-22-16-24-47-48(42)54-50(43-30-40(51(3,4)5)31-44(49(43)56)52(6,7)8)55(47)46-23-15-14-21-41(46)35-17-10-9-11-18-35/h9-24,26-33,56H,25H2,1-8H3. The zero-order valence-electron chi connectivity index (χ0n) is 33.9. The van der Waals surface area contributed by atoms with Crippen molar-refractivity contribution in [1.29, 1.82) is 0 Å². The van der Waals surface area contributed by atoms with Gasteiger partial charge in [0.1, 0.15) is 11.6 Å². The first-order valence-corrected chi connectivity index (χ1v) is 19.8. The Morgan fingerprint density at radius 3 is 2.02 bits per heavy atom. The van der Waals surface area contributed by atoms with E-state index in [1.807, 2.05) is 6.20 Å². The zero-order chi connectivity index (χ0) is 39.4. The molecule has 0 spiro atoms. The Hall–Kier alpha value is -6.00. The molecule has 4 nitrogen and oxygen atoms in total. The number of hydrogen-bond donors (Lipinski definition) is 1. The summed E-state index contributed by atoms with van der Waals surface area (Å²) < 4.78 is 2.26. The van der Waals surface area contributed by atoms with Crippen LogP contribution in [0.5, 0.6) is 5.75 Å². The van der Waals surface area contributed by atoms with Crippen LogP contribution in [0.4, 0.5) is 0 Å². The van der Waals surface area contributed by atoms with Crippen molar-refractivity contribution in [3.8, 4) is 56.3 Å². The zero-order valence-corrected chi connectivity index (χ0v) is 33.9. The minimum absolute atomic E-state index is 0.156. The average molecular weight is 734 g/mol. The summed E-state index contributed by atoms with van der Waals surface area (Å²) in [4.78, 5) is 10.5. The molecule has 0 fully saturated rings. The smallest absolute Gasteiger partial charge is 0.149 e. The van der Waals surface area contributed by atoms with Crippen molar-refractivity contribution in [3.05, 3.63) is 156 Å². The number of benzene rings is 6. The van der Waals surface area contributed by atoms with Crippen LogP contribution in [0.15, 0.2) is 140 Å². The third-order valence-corrected chi connectivity index (χ3v) is 10.8. The lowest BCUT2D eigenvalue weighted by Crippen LogP contribution is -2.17. The predicted octanol–water partition coefficient (Wildman–Crippen LogP) is 13.7. The molecule has 2 heterocycles. The maximum Gasteiger partial charge on any atom is 0.149 e. The number of rotatable bonds is 7. The quantitative estimate of drug-likeness (QED) is 0.177. The van der Waals surface area contributed by atoms with Gasteiger partial charge in [0, 0.05) is 33.8 Å². The van der Waals surface area contributed by atoms with Gasteiger partial charge in [-0.25, -0.2) is 4.98 Å². The molecule has 0 aliphatic rings. The van der Waals surface area contributed by atoms with Crippen LogP contribution in [0.25, 0.3) is 72.4 Å². The minimum atomic E-state index is -0.298. The van der Waals surface area contributed by atoms with Crippen molar-refractivity contribution in [2.24, 2.45) is 5.92 Å². The van der Waals surface area contributed by atoms with E-state index in [2.05, 4.69) is 193 Å². The van der Waals surface area contributed by atoms with Gasteiger partial charge in [0.25, 0.3) is 0 Å². The van der Waals surface area contributed by atoms with Crippen molar-refractivity contribution in [1.82, 2.24) is 14.5 Å². The molecule has 6 aromatic carbocycles. The molecule has 280 valence electrons. The lowest BCUT2D eigenvalue weighted by Gasteiger charge is -2.27. The van der Waals surface area contributed by atoms with Gasteiger partial charge in [0.15, 0.2) is 0 Å². The van der Waals surface area contributed by atoms with Crippen molar-refractivity contribution in [2.45, 2.75) is 72.6 Å². The van der Waals surface area contributed by atoms with Crippen molar-refractivity contribution < 1.29 is 5.11 Å². The topological polar surface area (TPSA) is 50.9 Å². The normalized spacial score (nSPS) is 12.2. The summed E-state index contributed by atoms with van der Waals surface area (Å²) in [6.45, 7) is 17.7. The summed E-state index contributed by atoms with van der Waals surface area (Å²) in [5, 5.41) is 14.6. The fraction of sp³-hybridized carbons (Fsp3) is 0.231. The number of hydrogen-bond acceptors (Lipinski definition) is 3. The van der Waals surface area contributed by atoms with Crippen LogP contribution in [-0.4, -0.2) is 19.6 Å². The van der Waals surface area contributed by atoms with Gasteiger partial charge in [0.05, 0.1) is 28.0 Å². The van der Waals surface area contributed by atoms with Crippen LogP contribution >= 0.6 is 0 Å². The lowest BCUT2D eigenvalue weighted by molar-refractivity contribution is 0.446. The highest BCUT2D eigenvalue weighted by molar-refractivity contribution is 5.98. The van der Waals surface area contributed by atoms with E-state index in [0.29, 0.717) is 11.7 Å². The van der Waals surface area contributed by atoms with Gasteiger partial charge in [-0.15, -0.1) is 0 Å². The first kappa shape index (κ1) is 36.9. The Balaban J connectivity index is 1.44.